The molecule has 0 aliphatic carbocycles. The van der Waals surface area contributed by atoms with Gasteiger partial charge in [-0.2, -0.15) is 0 Å². The SMILES string of the molecule is Cn1ccnc1[C@H]([NH3+])c1ccc(F)cc1. The van der Waals surface area contributed by atoms with Crippen molar-refractivity contribution >= 4 is 0 Å². The van der Waals surface area contributed by atoms with E-state index in [4.69, 9.17) is 0 Å². The molecule has 1 aromatic carbocycles. The van der Waals surface area contributed by atoms with Crippen molar-refractivity contribution in [3.8, 4) is 0 Å². The molecule has 2 rings (SSSR count). The molecule has 15 heavy (non-hydrogen) atoms. The Morgan fingerprint density at radius 3 is 2.53 bits per heavy atom. The van der Waals surface area contributed by atoms with Gasteiger partial charge < -0.3 is 10.3 Å². The molecule has 0 spiro atoms. The van der Waals surface area contributed by atoms with Gasteiger partial charge in [0.1, 0.15) is 5.82 Å². The van der Waals surface area contributed by atoms with Crippen molar-refractivity contribution in [2.45, 2.75) is 6.04 Å². The van der Waals surface area contributed by atoms with Crippen LogP contribution in [0.5, 0.6) is 0 Å². The van der Waals surface area contributed by atoms with E-state index < -0.39 is 0 Å². The van der Waals surface area contributed by atoms with Crippen LogP contribution < -0.4 is 5.73 Å². The van der Waals surface area contributed by atoms with Crippen molar-refractivity contribution in [2.24, 2.45) is 7.05 Å². The zero-order chi connectivity index (χ0) is 10.8. The van der Waals surface area contributed by atoms with Gasteiger partial charge in [-0.05, 0) is 24.3 Å². The molecular weight excluding hydrogens is 193 g/mol. The summed E-state index contributed by atoms with van der Waals surface area (Å²) in [5.41, 5.74) is 5.00. The average Bonchev–Trinajstić information content (AvgIpc) is 2.65. The second-order valence-electron chi connectivity index (χ2n) is 3.50. The summed E-state index contributed by atoms with van der Waals surface area (Å²) in [4.78, 5) is 4.22. The fourth-order valence-corrected chi connectivity index (χ4v) is 1.56. The lowest BCUT2D eigenvalue weighted by Crippen LogP contribution is -2.55. The van der Waals surface area contributed by atoms with Crippen LogP contribution in [0.2, 0.25) is 0 Å². The molecule has 1 atom stereocenters. The summed E-state index contributed by atoms with van der Waals surface area (Å²) < 4.78 is 14.6. The maximum Gasteiger partial charge on any atom is 0.172 e. The molecule has 0 saturated heterocycles. The summed E-state index contributed by atoms with van der Waals surface area (Å²) in [6, 6.07) is 6.29. The van der Waals surface area contributed by atoms with E-state index in [1.54, 1.807) is 18.3 Å². The molecule has 1 heterocycles. The van der Waals surface area contributed by atoms with Gasteiger partial charge in [0.15, 0.2) is 11.9 Å². The molecule has 1 aromatic heterocycles. The minimum atomic E-state index is -0.231. The third kappa shape index (κ3) is 1.89. The van der Waals surface area contributed by atoms with E-state index in [0.717, 1.165) is 11.4 Å². The van der Waals surface area contributed by atoms with Gasteiger partial charge in [-0.1, -0.05) is 0 Å². The number of hydrogen-bond donors (Lipinski definition) is 1. The zero-order valence-corrected chi connectivity index (χ0v) is 8.52. The molecule has 0 saturated carbocycles. The average molecular weight is 206 g/mol. The normalized spacial score (nSPS) is 12.7. The molecule has 0 radical (unpaired) electrons. The molecule has 4 heteroatoms. The van der Waals surface area contributed by atoms with E-state index in [1.165, 1.54) is 12.1 Å². The number of halogens is 1. The first kappa shape index (κ1) is 9.86. The summed E-state index contributed by atoms with van der Waals surface area (Å²) in [7, 11) is 1.92. The predicted molar refractivity (Wildman–Crippen MR) is 54.3 cm³/mol. The maximum atomic E-state index is 12.7. The summed E-state index contributed by atoms with van der Waals surface area (Å²) in [5.74, 6) is 0.646. The molecule has 78 valence electrons. The Morgan fingerprint density at radius 2 is 2.00 bits per heavy atom. The molecule has 0 bridgehead atoms. The number of aryl methyl sites for hydroxylation is 1. The lowest BCUT2D eigenvalue weighted by molar-refractivity contribution is -0.414. The highest BCUT2D eigenvalue weighted by atomic mass is 19.1. The summed E-state index contributed by atoms with van der Waals surface area (Å²) >= 11 is 0. The molecular formula is C11H13FN3+. The van der Waals surface area contributed by atoms with Crippen molar-refractivity contribution in [2.75, 3.05) is 0 Å². The zero-order valence-electron chi connectivity index (χ0n) is 8.52. The standard InChI is InChI=1S/C11H12FN3/c1-15-7-6-14-11(15)10(13)8-2-4-9(12)5-3-8/h2-7,10H,13H2,1H3/p+1/t10-/m1/s1. The highest BCUT2D eigenvalue weighted by Crippen LogP contribution is 2.15. The summed E-state index contributed by atoms with van der Waals surface area (Å²) in [5, 5.41) is 0. The lowest BCUT2D eigenvalue weighted by Gasteiger charge is -2.08. The molecule has 3 N–H and O–H groups in total. The first-order chi connectivity index (χ1) is 7.18. The highest BCUT2D eigenvalue weighted by molar-refractivity contribution is 5.23. The Balaban J connectivity index is 2.32. The topological polar surface area (TPSA) is 45.5 Å². The molecule has 0 fully saturated rings. The van der Waals surface area contributed by atoms with Gasteiger partial charge in [0.05, 0.1) is 0 Å². The Labute approximate surface area is 87.4 Å². The third-order valence-corrected chi connectivity index (χ3v) is 2.44. The molecule has 0 amide bonds. The predicted octanol–water partition coefficient (Wildman–Crippen LogP) is 0.890. The second-order valence-corrected chi connectivity index (χ2v) is 3.50. The largest absolute Gasteiger partial charge is 0.345 e. The summed E-state index contributed by atoms with van der Waals surface area (Å²) in [6.07, 6.45) is 3.61. The van der Waals surface area contributed by atoms with Crippen molar-refractivity contribution in [1.82, 2.24) is 9.55 Å². The maximum absolute atomic E-state index is 12.7. The van der Waals surface area contributed by atoms with Crippen LogP contribution in [0, 0.1) is 5.82 Å². The number of quaternary nitrogens is 1. The van der Waals surface area contributed by atoms with E-state index in [9.17, 15) is 4.39 Å². The number of benzene rings is 1. The van der Waals surface area contributed by atoms with Crippen LogP contribution in [-0.2, 0) is 7.05 Å². The van der Waals surface area contributed by atoms with Crippen molar-refractivity contribution in [1.29, 1.82) is 0 Å². The van der Waals surface area contributed by atoms with Crippen LogP contribution in [0.3, 0.4) is 0 Å². The van der Waals surface area contributed by atoms with Crippen LogP contribution in [0.1, 0.15) is 17.4 Å². The smallest absolute Gasteiger partial charge is 0.172 e. The monoisotopic (exact) mass is 206 g/mol. The molecule has 3 nitrogen and oxygen atoms in total. The molecule has 0 aliphatic rings. The third-order valence-electron chi connectivity index (χ3n) is 2.44. The van der Waals surface area contributed by atoms with Crippen molar-refractivity contribution in [3.05, 3.63) is 53.9 Å². The van der Waals surface area contributed by atoms with Gasteiger partial charge in [0, 0.05) is 25.0 Å². The van der Waals surface area contributed by atoms with E-state index in [-0.39, 0.29) is 11.9 Å². The Kier molecular flexibility index (Phi) is 2.51. The van der Waals surface area contributed by atoms with Crippen LogP contribution in [0.15, 0.2) is 36.7 Å². The van der Waals surface area contributed by atoms with Gasteiger partial charge >= 0.3 is 0 Å². The Morgan fingerprint density at radius 1 is 1.33 bits per heavy atom. The first-order valence-corrected chi connectivity index (χ1v) is 4.74. The number of imidazole rings is 1. The van der Waals surface area contributed by atoms with E-state index in [1.807, 2.05) is 17.8 Å². The molecule has 2 aromatic rings. The van der Waals surface area contributed by atoms with Gasteiger partial charge in [-0.25, -0.2) is 9.37 Å². The van der Waals surface area contributed by atoms with Gasteiger partial charge in [-0.3, -0.25) is 0 Å². The van der Waals surface area contributed by atoms with Crippen molar-refractivity contribution in [3.63, 3.8) is 0 Å². The van der Waals surface area contributed by atoms with Gasteiger partial charge in [-0.15, -0.1) is 0 Å². The van der Waals surface area contributed by atoms with Crippen LogP contribution in [0.25, 0.3) is 0 Å². The highest BCUT2D eigenvalue weighted by Gasteiger charge is 2.16. The second kappa shape index (κ2) is 3.82. The fraction of sp³-hybridized carbons (Fsp3) is 0.182. The fourth-order valence-electron chi connectivity index (χ4n) is 1.56. The lowest BCUT2D eigenvalue weighted by atomic mass is 10.1. The van der Waals surface area contributed by atoms with Crippen LogP contribution in [0.4, 0.5) is 4.39 Å². The first-order valence-electron chi connectivity index (χ1n) is 4.74. The summed E-state index contributed by atoms with van der Waals surface area (Å²) in [6.45, 7) is 0. The molecule has 0 aliphatic heterocycles. The van der Waals surface area contributed by atoms with E-state index in [0.29, 0.717) is 0 Å². The van der Waals surface area contributed by atoms with Gasteiger partial charge in [0.25, 0.3) is 0 Å². The minimum absolute atomic E-state index is 0.0643. The van der Waals surface area contributed by atoms with Crippen LogP contribution in [-0.4, -0.2) is 9.55 Å². The van der Waals surface area contributed by atoms with Crippen molar-refractivity contribution < 1.29 is 10.1 Å². The molecule has 0 unspecified atom stereocenters. The Bertz CT molecular complexity index is 447. The number of nitrogens with zero attached hydrogens (tertiary/aromatic N) is 2. The number of rotatable bonds is 2. The Hall–Kier alpha value is -1.68. The van der Waals surface area contributed by atoms with Gasteiger partial charge in [0.2, 0.25) is 0 Å². The number of hydrogen-bond acceptors (Lipinski definition) is 1. The van der Waals surface area contributed by atoms with E-state index in [2.05, 4.69) is 10.7 Å². The number of aromatic nitrogens is 2. The van der Waals surface area contributed by atoms with E-state index >= 15 is 0 Å². The minimum Gasteiger partial charge on any atom is -0.345 e. The van der Waals surface area contributed by atoms with Crippen LogP contribution >= 0.6 is 0 Å². The quantitative estimate of drug-likeness (QED) is 0.779.